The standard InChI is InChI=1S/C25H48N2O6/c1-19(16-23(2,3)26-30)32-21(28)14-12-10-8-9-11-13-15-22(29)33-20-17-24(4,5)27(31)25(6,7)18-20/h19-20,26,30-31H,8-18H2,1-7H3. The lowest BCUT2D eigenvalue weighted by Crippen LogP contribution is -2.60. The van der Waals surface area contributed by atoms with E-state index in [2.05, 4.69) is 5.48 Å². The van der Waals surface area contributed by atoms with Crippen molar-refractivity contribution in [2.24, 2.45) is 0 Å². The number of carbonyl (C=O) groups is 2. The van der Waals surface area contributed by atoms with Crippen LogP contribution in [0.2, 0.25) is 0 Å². The molecule has 194 valence electrons. The minimum atomic E-state index is -0.490. The first-order valence-corrected chi connectivity index (χ1v) is 12.5. The van der Waals surface area contributed by atoms with Crippen molar-refractivity contribution in [1.29, 1.82) is 0 Å². The van der Waals surface area contributed by atoms with Gasteiger partial charge in [0.2, 0.25) is 0 Å². The Morgan fingerprint density at radius 2 is 1.42 bits per heavy atom. The number of hydrogen-bond acceptors (Lipinski definition) is 8. The van der Waals surface area contributed by atoms with E-state index in [0.717, 1.165) is 38.5 Å². The van der Waals surface area contributed by atoms with Gasteiger partial charge in [-0.05, 0) is 61.3 Å². The van der Waals surface area contributed by atoms with Crippen LogP contribution < -0.4 is 5.48 Å². The predicted molar refractivity (Wildman–Crippen MR) is 127 cm³/mol. The molecular weight excluding hydrogens is 424 g/mol. The summed E-state index contributed by atoms with van der Waals surface area (Å²) in [5, 5.41) is 20.8. The maximum absolute atomic E-state index is 12.3. The fourth-order valence-electron chi connectivity index (χ4n) is 4.84. The largest absolute Gasteiger partial charge is 0.463 e. The Hall–Kier alpha value is -1.22. The smallest absolute Gasteiger partial charge is 0.306 e. The summed E-state index contributed by atoms with van der Waals surface area (Å²) >= 11 is 0. The molecule has 3 N–H and O–H groups in total. The van der Waals surface area contributed by atoms with Gasteiger partial charge in [0, 0.05) is 48.7 Å². The second-order valence-electron chi connectivity index (χ2n) is 11.6. The van der Waals surface area contributed by atoms with E-state index in [-0.39, 0.29) is 24.1 Å². The Morgan fingerprint density at radius 1 is 0.970 bits per heavy atom. The Bertz CT molecular complexity index is 602. The molecule has 0 bridgehead atoms. The molecule has 1 saturated heterocycles. The van der Waals surface area contributed by atoms with Crippen LogP contribution in [0.3, 0.4) is 0 Å². The van der Waals surface area contributed by atoms with Gasteiger partial charge in [0.1, 0.15) is 12.2 Å². The Morgan fingerprint density at radius 3 is 1.91 bits per heavy atom. The van der Waals surface area contributed by atoms with Gasteiger partial charge in [-0.2, -0.15) is 10.5 Å². The van der Waals surface area contributed by atoms with Crippen molar-refractivity contribution >= 4 is 11.9 Å². The van der Waals surface area contributed by atoms with E-state index in [0.29, 0.717) is 32.1 Å². The Kier molecular flexibility index (Phi) is 11.8. The van der Waals surface area contributed by atoms with Crippen molar-refractivity contribution < 1.29 is 29.5 Å². The van der Waals surface area contributed by atoms with Gasteiger partial charge < -0.3 is 19.9 Å². The van der Waals surface area contributed by atoms with Crippen molar-refractivity contribution in [2.45, 2.75) is 148 Å². The lowest BCUT2D eigenvalue weighted by molar-refractivity contribution is -0.259. The number of carbonyl (C=O) groups excluding carboxylic acids is 2. The van der Waals surface area contributed by atoms with Gasteiger partial charge in [0.05, 0.1) is 0 Å². The van der Waals surface area contributed by atoms with Crippen LogP contribution in [0.1, 0.15) is 119 Å². The van der Waals surface area contributed by atoms with E-state index in [1.807, 2.05) is 48.5 Å². The maximum atomic E-state index is 12.3. The first-order valence-electron chi connectivity index (χ1n) is 12.5. The van der Waals surface area contributed by atoms with E-state index in [9.17, 15) is 14.8 Å². The summed E-state index contributed by atoms with van der Waals surface area (Å²) in [6, 6.07) is 0. The van der Waals surface area contributed by atoms with E-state index in [4.69, 9.17) is 14.7 Å². The summed E-state index contributed by atoms with van der Waals surface area (Å²) in [6.07, 6.45) is 7.76. The second-order valence-corrected chi connectivity index (χ2v) is 11.6. The van der Waals surface area contributed by atoms with Crippen molar-refractivity contribution in [3.05, 3.63) is 0 Å². The second kappa shape index (κ2) is 13.0. The lowest BCUT2D eigenvalue weighted by Gasteiger charge is -2.50. The Balaban J connectivity index is 2.10. The zero-order valence-corrected chi connectivity index (χ0v) is 21.9. The molecule has 1 aliphatic rings. The van der Waals surface area contributed by atoms with Crippen LogP contribution in [0.25, 0.3) is 0 Å². The summed E-state index contributed by atoms with van der Waals surface area (Å²) in [6.45, 7) is 13.4. The van der Waals surface area contributed by atoms with Crippen LogP contribution in [-0.2, 0) is 19.1 Å². The highest BCUT2D eigenvalue weighted by Crippen LogP contribution is 2.38. The molecule has 0 spiro atoms. The molecule has 0 radical (unpaired) electrons. The van der Waals surface area contributed by atoms with Crippen LogP contribution in [0.15, 0.2) is 0 Å². The van der Waals surface area contributed by atoms with Crippen LogP contribution in [0.4, 0.5) is 0 Å². The third kappa shape index (κ3) is 11.2. The third-order valence-electron chi connectivity index (χ3n) is 6.34. The number of rotatable bonds is 14. The average molecular weight is 473 g/mol. The number of esters is 2. The number of unbranched alkanes of at least 4 members (excludes halogenated alkanes) is 5. The number of hydrogen-bond donors (Lipinski definition) is 3. The molecule has 33 heavy (non-hydrogen) atoms. The number of ether oxygens (including phenoxy) is 2. The van der Waals surface area contributed by atoms with Crippen LogP contribution in [0, 0.1) is 0 Å². The minimum Gasteiger partial charge on any atom is -0.463 e. The quantitative estimate of drug-likeness (QED) is 0.181. The molecule has 8 heteroatoms. The van der Waals surface area contributed by atoms with Gasteiger partial charge in [0.15, 0.2) is 0 Å². The molecule has 0 aromatic carbocycles. The van der Waals surface area contributed by atoms with Crippen molar-refractivity contribution in [2.75, 3.05) is 0 Å². The van der Waals surface area contributed by atoms with Crippen LogP contribution in [-0.4, -0.2) is 56.2 Å². The SMILES string of the molecule is CC(CC(C)(C)NO)OC(=O)CCCCCCCCC(=O)OC1CC(C)(C)N(O)C(C)(C)C1. The molecule has 1 aliphatic heterocycles. The topological polar surface area (TPSA) is 108 Å². The average Bonchev–Trinajstić information content (AvgIpc) is 2.67. The monoisotopic (exact) mass is 472 g/mol. The van der Waals surface area contributed by atoms with E-state index >= 15 is 0 Å². The van der Waals surface area contributed by atoms with Gasteiger partial charge in [-0.3, -0.25) is 9.59 Å². The highest BCUT2D eigenvalue weighted by Gasteiger charge is 2.46. The fraction of sp³-hybridized carbons (Fsp3) is 0.920. The van der Waals surface area contributed by atoms with E-state index in [1.165, 1.54) is 5.06 Å². The normalized spacial score (nSPS) is 19.8. The summed E-state index contributed by atoms with van der Waals surface area (Å²) in [4.78, 5) is 24.2. The fourth-order valence-corrected chi connectivity index (χ4v) is 4.84. The van der Waals surface area contributed by atoms with Crippen LogP contribution in [0.5, 0.6) is 0 Å². The highest BCUT2D eigenvalue weighted by molar-refractivity contribution is 5.69. The van der Waals surface area contributed by atoms with Gasteiger partial charge in [-0.15, -0.1) is 0 Å². The zero-order valence-electron chi connectivity index (χ0n) is 21.9. The van der Waals surface area contributed by atoms with Gasteiger partial charge in [0.25, 0.3) is 0 Å². The number of hydroxylamine groups is 3. The third-order valence-corrected chi connectivity index (χ3v) is 6.34. The molecule has 1 unspecified atom stereocenters. The molecule has 1 atom stereocenters. The summed E-state index contributed by atoms with van der Waals surface area (Å²) in [5.41, 5.74) is 0.884. The molecule has 8 nitrogen and oxygen atoms in total. The van der Waals surface area contributed by atoms with E-state index < -0.39 is 16.6 Å². The molecule has 0 aromatic rings. The van der Waals surface area contributed by atoms with Crippen molar-refractivity contribution in [3.8, 4) is 0 Å². The number of nitrogens with zero attached hydrogens (tertiary/aromatic N) is 1. The zero-order chi connectivity index (χ0) is 25.3. The van der Waals surface area contributed by atoms with Gasteiger partial charge in [-0.1, -0.05) is 25.7 Å². The number of nitrogens with one attached hydrogen (secondary N) is 1. The summed E-state index contributed by atoms with van der Waals surface area (Å²) in [7, 11) is 0. The molecule has 1 rings (SSSR count). The first-order chi connectivity index (χ1) is 15.2. The van der Waals surface area contributed by atoms with E-state index in [1.54, 1.807) is 0 Å². The number of piperidine rings is 1. The molecular formula is C25H48N2O6. The van der Waals surface area contributed by atoms with Crippen molar-refractivity contribution in [3.63, 3.8) is 0 Å². The molecule has 1 fully saturated rings. The summed E-state index contributed by atoms with van der Waals surface area (Å²) < 4.78 is 11.1. The minimum absolute atomic E-state index is 0.158. The predicted octanol–water partition coefficient (Wildman–Crippen LogP) is 5.14. The first kappa shape index (κ1) is 29.8. The van der Waals surface area contributed by atoms with Gasteiger partial charge in [-0.25, -0.2) is 0 Å². The van der Waals surface area contributed by atoms with Gasteiger partial charge >= 0.3 is 11.9 Å². The van der Waals surface area contributed by atoms with Crippen molar-refractivity contribution in [1.82, 2.24) is 10.5 Å². The Labute approximate surface area is 200 Å². The molecule has 0 saturated carbocycles. The lowest BCUT2D eigenvalue weighted by atomic mass is 9.80. The van der Waals surface area contributed by atoms with Crippen LogP contribution >= 0.6 is 0 Å². The highest BCUT2D eigenvalue weighted by atomic mass is 16.6. The molecule has 0 amide bonds. The maximum Gasteiger partial charge on any atom is 0.306 e. The summed E-state index contributed by atoms with van der Waals surface area (Å²) in [5.74, 6) is -0.355. The molecule has 0 aromatic heterocycles. The molecule has 1 heterocycles. The molecule has 0 aliphatic carbocycles.